The molecule has 5 heterocycles. The van der Waals surface area contributed by atoms with E-state index < -0.39 is 18.4 Å². The number of nitrogens with one attached hydrogen (secondary N) is 1. The number of pyridine rings is 1. The number of alkyl halides is 2. The highest BCUT2D eigenvalue weighted by atomic mass is 19.3. The van der Waals surface area contributed by atoms with Crippen LogP contribution in [0.25, 0.3) is 11.3 Å². The number of rotatable bonds is 10. The number of nitriles is 1. The summed E-state index contributed by atoms with van der Waals surface area (Å²) in [5, 5.41) is 22.4. The topological polar surface area (TPSA) is 149 Å². The first-order chi connectivity index (χ1) is 22.8. The molecule has 0 unspecified atom stereocenters. The van der Waals surface area contributed by atoms with Crippen LogP contribution in [0, 0.1) is 11.3 Å². The molecule has 2 N–H and O–H groups in total. The Bertz CT molecular complexity index is 1600. The largest absolute Gasteiger partial charge is 0.493 e. The third-order valence-electron chi connectivity index (χ3n) is 8.65. The Kier molecular flexibility index (Phi) is 9.90. The lowest BCUT2D eigenvalue weighted by Gasteiger charge is -2.43. The fourth-order valence-corrected chi connectivity index (χ4v) is 5.88. The Morgan fingerprint density at radius 2 is 1.85 bits per heavy atom. The highest BCUT2D eigenvalue weighted by Crippen LogP contribution is 2.32. The van der Waals surface area contributed by atoms with Gasteiger partial charge in [0.05, 0.1) is 49.5 Å². The number of methoxy groups -OCH3 is 1. The lowest BCUT2D eigenvalue weighted by atomic mass is 10.1. The van der Waals surface area contributed by atoms with E-state index >= 15 is 0 Å². The van der Waals surface area contributed by atoms with Crippen molar-refractivity contribution in [2.75, 3.05) is 69.8 Å². The van der Waals surface area contributed by atoms with E-state index in [0.717, 1.165) is 45.2 Å². The number of nitrogens with zero attached hydrogens (tertiary/aromatic N) is 7. The number of hydrogen-bond acceptors (Lipinski definition) is 12. The van der Waals surface area contributed by atoms with Gasteiger partial charge in [0.2, 0.25) is 5.95 Å². The third kappa shape index (κ3) is 7.35. The lowest BCUT2D eigenvalue weighted by Crippen LogP contribution is -2.56. The van der Waals surface area contributed by atoms with Crippen LogP contribution in [0.3, 0.4) is 0 Å². The molecule has 0 bridgehead atoms. The number of amides is 1. The molecule has 0 aliphatic carbocycles. The number of piperazine rings is 1. The van der Waals surface area contributed by atoms with Crippen LogP contribution < -0.4 is 19.7 Å². The van der Waals surface area contributed by atoms with Crippen molar-refractivity contribution >= 4 is 23.4 Å². The summed E-state index contributed by atoms with van der Waals surface area (Å²) in [6.07, 6.45) is -1.68. The minimum atomic E-state index is -3.13. The van der Waals surface area contributed by atoms with Crippen molar-refractivity contribution in [1.29, 1.82) is 5.26 Å². The zero-order valence-corrected chi connectivity index (χ0v) is 25.9. The fraction of sp³-hybridized carbons (Fsp3) is 0.469. The molecule has 47 heavy (non-hydrogen) atoms. The van der Waals surface area contributed by atoms with Crippen LogP contribution in [0.4, 0.5) is 26.2 Å². The molecule has 13 nitrogen and oxygen atoms in total. The number of anilines is 3. The van der Waals surface area contributed by atoms with Crippen LogP contribution in [0.1, 0.15) is 18.4 Å². The fourth-order valence-electron chi connectivity index (χ4n) is 5.88. The molecule has 2 aromatic heterocycles. The predicted octanol–water partition coefficient (Wildman–Crippen LogP) is 2.68. The van der Waals surface area contributed by atoms with E-state index in [-0.39, 0.29) is 19.2 Å². The van der Waals surface area contributed by atoms with Gasteiger partial charge in [0.15, 0.2) is 17.7 Å². The summed E-state index contributed by atoms with van der Waals surface area (Å²) in [5.41, 5.74) is 2.22. The van der Waals surface area contributed by atoms with E-state index in [4.69, 9.17) is 19.2 Å². The van der Waals surface area contributed by atoms with Gasteiger partial charge in [0.25, 0.3) is 12.3 Å². The Labute approximate surface area is 270 Å². The Morgan fingerprint density at radius 1 is 1.09 bits per heavy atom. The summed E-state index contributed by atoms with van der Waals surface area (Å²) in [4.78, 5) is 31.6. The number of piperidine rings is 1. The summed E-state index contributed by atoms with van der Waals surface area (Å²) in [7, 11) is 1.62. The van der Waals surface area contributed by atoms with Crippen molar-refractivity contribution < 1.29 is 32.9 Å². The van der Waals surface area contributed by atoms with Gasteiger partial charge < -0.3 is 34.4 Å². The van der Waals surface area contributed by atoms with Crippen LogP contribution in [-0.2, 0) is 9.53 Å². The Hall–Kier alpha value is -4.65. The van der Waals surface area contributed by atoms with Crippen LogP contribution in [-0.4, -0.2) is 120 Å². The highest BCUT2D eigenvalue weighted by molar-refractivity contribution is 5.81. The Balaban J connectivity index is 1.08. The number of carbonyl (C=O) groups is 1. The number of halogens is 2. The van der Waals surface area contributed by atoms with Crippen molar-refractivity contribution in [1.82, 2.24) is 24.8 Å². The first-order valence-electron chi connectivity index (χ1n) is 15.5. The predicted molar refractivity (Wildman–Crippen MR) is 167 cm³/mol. The van der Waals surface area contributed by atoms with Crippen molar-refractivity contribution in [3.8, 4) is 28.8 Å². The number of hydrogen-bond donors (Lipinski definition) is 2. The number of ether oxygens (including phenoxy) is 3. The molecule has 0 radical (unpaired) electrons. The molecule has 3 saturated heterocycles. The first kappa shape index (κ1) is 32.3. The van der Waals surface area contributed by atoms with Gasteiger partial charge in [0.1, 0.15) is 17.9 Å². The molecular formula is C32H36F2N8O5. The van der Waals surface area contributed by atoms with Gasteiger partial charge in [-0.05, 0) is 24.3 Å². The smallest absolute Gasteiger partial charge is 0.273 e. The average Bonchev–Trinajstić information content (AvgIpc) is 3.07. The minimum absolute atomic E-state index is 0.168. The van der Waals surface area contributed by atoms with E-state index in [0.29, 0.717) is 58.8 Å². The summed E-state index contributed by atoms with van der Waals surface area (Å²) in [6, 6.07) is 11.4. The van der Waals surface area contributed by atoms with E-state index in [1.165, 1.54) is 4.90 Å². The highest BCUT2D eigenvalue weighted by Gasteiger charge is 2.33. The number of carbonyl (C=O) groups excluding carboxylic acids is 1. The van der Waals surface area contributed by atoms with E-state index in [2.05, 4.69) is 31.2 Å². The van der Waals surface area contributed by atoms with Crippen LogP contribution >= 0.6 is 0 Å². The van der Waals surface area contributed by atoms with Gasteiger partial charge in [-0.25, -0.2) is 23.7 Å². The van der Waals surface area contributed by atoms with Gasteiger partial charge in [0, 0.05) is 69.9 Å². The third-order valence-corrected chi connectivity index (χ3v) is 8.65. The number of aliphatic hydroxyl groups excluding tert-OH is 1. The lowest BCUT2D eigenvalue weighted by molar-refractivity contribution is -0.150. The van der Waals surface area contributed by atoms with E-state index in [9.17, 15) is 23.9 Å². The van der Waals surface area contributed by atoms with Crippen molar-refractivity contribution in [3.05, 3.63) is 48.3 Å². The minimum Gasteiger partial charge on any atom is -0.493 e. The molecule has 6 rings (SSSR count). The zero-order valence-electron chi connectivity index (χ0n) is 25.9. The maximum absolute atomic E-state index is 12.7. The molecule has 0 saturated carbocycles. The van der Waals surface area contributed by atoms with E-state index in [1.807, 2.05) is 6.07 Å². The first-order valence-corrected chi connectivity index (χ1v) is 15.5. The monoisotopic (exact) mass is 650 g/mol. The van der Waals surface area contributed by atoms with Gasteiger partial charge >= 0.3 is 0 Å². The second-order valence-corrected chi connectivity index (χ2v) is 11.6. The Morgan fingerprint density at radius 3 is 2.51 bits per heavy atom. The molecule has 3 aromatic rings. The average molecular weight is 651 g/mol. The standard InChI is InChI=1S/C32H36F2N8O5/c1-45-27-15-22(17-37-30(27)41-12-10-40(11-13-41)23-18-46-19-23)38-32-36-7-4-25(39-32)20-2-3-26(21(14-20)16-35)47-24-5-8-42(9-6-24)31(44)28(43)29(33)34/h2-4,7,14-15,17,23-24,28-29,43H,5-6,8-13,18-19H2,1H3,(H,36,38,39)/t28-/m1/s1. The molecule has 3 fully saturated rings. The molecule has 3 aliphatic rings. The number of benzene rings is 1. The second kappa shape index (κ2) is 14.4. The maximum Gasteiger partial charge on any atom is 0.273 e. The van der Waals surface area contributed by atoms with Crippen LogP contribution in [0.5, 0.6) is 11.5 Å². The number of likely N-dealkylation sites (tertiary alicyclic amines) is 1. The molecule has 15 heteroatoms. The zero-order chi connectivity index (χ0) is 32.9. The molecule has 1 amide bonds. The molecule has 1 aromatic carbocycles. The SMILES string of the molecule is COc1cc(Nc2nccc(-c3ccc(OC4CCN(C(=O)[C@H](O)C(F)F)CC4)c(C#N)c3)n2)cnc1N1CCN(C2COC2)CC1. The normalized spacial score (nSPS) is 18.4. The van der Waals surface area contributed by atoms with Crippen LogP contribution in [0.2, 0.25) is 0 Å². The van der Waals surface area contributed by atoms with Gasteiger partial charge in [-0.2, -0.15) is 5.26 Å². The summed E-state index contributed by atoms with van der Waals surface area (Å²) >= 11 is 0. The van der Waals surface area contributed by atoms with Crippen molar-refractivity contribution in [3.63, 3.8) is 0 Å². The molecule has 3 aliphatic heterocycles. The summed E-state index contributed by atoms with van der Waals surface area (Å²) in [6.45, 7) is 5.53. The summed E-state index contributed by atoms with van der Waals surface area (Å²) in [5.74, 6) is 1.15. The van der Waals surface area contributed by atoms with Crippen molar-refractivity contribution in [2.45, 2.75) is 37.5 Å². The molecule has 0 spiro atoms. The maximum atomic E-state index is 12.7. The van der Waals surface area contributed by atoms with Gasteiger partial charge in [-0.15, -0.1) is 0 Å². The van der Waals surface area contributed by atoms with E-state index in [1.54, 1.807) is 43.8 Å². The summed E-state index contributed by atoms with van der Waals surface area (Å²) < 4.78 is 42.5. The van der Waals surface area contributed by atoms with Gasteiger partial charge in [-0.1, -0.05) is 0 Å². The molecular weight excluding hydrogens is 614 g/mol. The molecule has 1 atom stereocenters. The second-order valence-electron chi connectivity index (χ2n) is 11.6. The van der Waals surface area contributed by atoms with Crippen LogP contribution in [0.15, 0.2) is 42.7 Å². The number of aromatic nitrogens is 3. The number of aliphatic hydroxyl groups is 1. The van der Waals surface area contributed by atoms with Crippen molar-refractivity contribution in [2.24, 2.45) is 0 Å². The quantitative estimate of drug-likeness (QED) is 0.332. The van der Waals surface area contributed by atoms with Gasteiger partial charge in [-0.3, -0.25) is 9.69 Å². The molecule has 248 valence electrons.